The minimum atomic E-state index is -4.99. The maximum atomic E-state index is 14.7. The molecule has 1 heterocycles. The number of benzene rings is 2. The molecule has 0 spiro atoms. The number of carboxylic acid groups (broad SMARTS) is 1. The van der Waals surface area contributed by atoms with E-state index >= 15 is 0 Å². The van der Waals surface area contributed by atoms with Crippen LogP contribution < -0.4 is 30.2 Å². The molecule has 0 aliphatic rings. The van der Waals surface area contributed by atoms with Gasteiger partial charge in [0.05, 0.1) is 24.9 Å². The van der Waals surface area contributed by atoms with Gasteiger partial charge in [-0.05, 0) is 30.7 Å². The van der Waals surface area contributed by atoms with E-state index in [2.05, 4.69) is 0 Å². The number of carbonyl (C=O) groups is 1. The maximum Gasteiger partial charge on any atom is 0.431 e. The van der Waals surface area contributed by atoms with E-state index in [0.29, 0.717) is 5.56 Å². The van der Waals surface area contributed by atoms with Gasteiger partial charge >= 0.3 is 17.8 Å². The van der Waals surface area contributed by atoms with E-state index in [1.54, 1.807) is 0 Å². The van der Waals surface area contributed by atoms with Gasteiger partial charge < -0.3 is 24.1 Å². The van der Waals surface area contributed by atoms with Crippen molar-refractivity contribution in [2.45, 2.75) is 25.8 Å². The summed E-state index contributed by atoms with van der Waals surface area (Å²) in [4.78, 5) is 36.2. The van der Waals surface area contributed by atoms with Crippen LogP contribution in [0.4, 0.5) is 17.6 Å². The molecule has 0 radical (unpaired) electrons. The van der Waals surface area contributed by atoms with Crippen molar-refractivity contribution in [1.82, 2.24) is 9.13 Å². The lowest BCUT2D eigenvalue weighted by molar-refractivity contribution is -0.145. The second kappa shape index (κ2) is 11.3. The summed E-state index contributed by atoms with van der Waals surface area (Å²) < 4.78 is 76.2. The van der Waals surface area contributed by atoms with E-state index < -0.39 is 46.7 Å². The van der Waals surface area contributed by atoms with Gasteiger partial charge in [-0.3, -0.25) is 9.36 Å². The Hall–Kier alpha value is -4.20. The van der Waals surface area contributed by atoms with Gasteiger partial charge in [-0.25, -0.2) is 18.5 Å². The largest absolute Gasteiger partial charge is 0.493 e. The quantitative estimate of drug-likeness (QED) is 0.382. The molecule has 3 rings (SSSR count). The number of nitrogens with zero attached hydrogens (tertiary/aromatic N) is 2. The first-order chi connectivity index (χ1) is 18.2. The minimum Gasteiger partial charge on any atom is -0.493 e. The topological polar surface area (TPSA) is 118 Å². The zero-order valence-electron chi connectivity index (χ0n) is 20.8. The predicted molar refractivity (Wildman–Crippen MR) is 129 cm³/mol. The van der Waals surface area contributed by atoms with Crippen molar-refractivity contribution in [2.24, 2.45) is 7.05 Å². The number of methoxy groups -OCH3 is 2. The normalized spacial score (nSPS) is 12.1. The van der Waals surface area contributed by atoms with E-state index in [0.717, 1.165) is 19.2 Å². The molecule has 0 fully saturated rings. The van der Waals surface area contributed by atoms with Crippen molar-refractivity contribution < 1.29 is 46.4 Å². The Bertz CT molecular complexity index is 1510. The molecule has 1 N–H and O–H groups in total. The third kappa shape index (κ3) is 6.11. The van der Waals surface area contributed by atoms with Gasteiger partial charge in [-0.15, -0.1) is 0 Å². The summed E-state index contributed by atoms with van der Waals surface area (Å²) in [5, 5.41) is 8.86. The molecule has 1 aromatic heterocycles. The lowest BCUT2D eigenvalue weighted by Crippen LogP contribution is -2.41. The monoisotopic (exact) mass is 576 g/mol. The molecule has 0 amide bonds. The van der Waals surface area contributed by atoms with Crippen molar-refractivity contribution in [2.75, 3.05) is 14.2 Å². The highest BCUT2D eigenvalue weighted by Gasteiger charge is 2.35. The Morgan fingerprint density at radius 2 is 1.64 bits per heavy atom. The number of hydrogen-bond acceptors (Lipinski definition) is 7. The van der Waals surface area contributed by atoms with Gasteiger partial charge in [0.1, 0.15) is 23.9 Å². The van der Waals surface area contributed by atoms with Crippen LogP contribution in [-0.4, -0.2) is 40.5 Å². The third-order valence-corrected chi connectivity index (χ3v) is 5.71. The number of ether oxygens (including phenoxy) is 4. The van der Waals surface area contributed by atoms with E-state index in [1.165, 1.54) is 33.3 Å². The lowest BCUT2D eigenvalue weighted by Gasteiger charge is -2.18. The molecule has 0 bridgehead atoms. The highest BCUT2D eigenvalue weighted by Crippen LogP contribution is 2.40. The Morgan fingerprint density at radius 1 is 1.05 bits per heavy atom. The van der Waals surface area contributed by atoms with Crippen LogP contribution in [0.25, 0.3) is 5.69 Å². The number of halogens is 5. The summed E-state index contributed by atoms with van der Waals surface area (Å²) in [5.74, 6) is -2.38. The van der Waals surface area contributed by atoms with Crippen LogP contribution in [0.15, 0.2) is 39.9 Å². The fourth-order valence-electron chi connectivity index (χ4n) is 3.44. The Morgan fingerprint density at radius 3 is 2.15 bits per heavy atom. The zero-order chi connectivity index (χ0) is 29.2. The number of alkyl halides is 3. The summed E-state index contributed by atoms with van der Waals surface area (Å²) in [6.45, 7) is 1.05. The zero-order valence-corrected chi connectivity index (χ0v) is 21.5. The maximum absolute atomic E-state index is 14.7. The van der Waals surface area contributed by atoms with Crippen LogP contribution in [0.3, 0.4) is 0 Å². The lowest BCUT2D eigenvalue weighted by atomic mass is 10.2. The third-order valence-electron chi connectivity index (χ3n) is 5.41. The fraction of sp³-hybridized carbons (Fsp3) is 0.292. The van der Waals surface area contributed by atoms with Crippen LogP contribution in [0.5, 0.6) is 23.0 Å². The smallest absolute Gasteiger partial charge is 0.431 e. The van der Waals surface area contributed by atoms with Crippen LogP contribution in [0.2, 0.25) is 5.02 Å². The molecule has 15 heteroatoms. The number of carboxylic acids is 1. The van der Waals surface area contributed by atoms with Crippen molar-refractivity contribution in [1.29, 1.82) is 0 Å². The average Bonchev–Trinajstić information content (AvgIpc) is 2.86. The van der Waals surface area contributed by atoms with Gasteiger partial charge in [-0.2, -0.15) is 13.2 Å². The van der Waals surface area contributed by atoms with Crippen LogP contribution >= 0.6 is 11.6 Å². The molecule has 39 heavy (non-hydrogen) atoms. The standard InChI is InChI=1S/C24H21ClF4N2O8/c1-11(22(33)34)39-21-17(36-3)5-12(6-18(21)37-4)10-38-16-8-15(14(26)7-13(16)25)31-20(32)9-19(24(27,28)29)30(2)23(31)35/h5-9,11H,10H2,1-4H3,(H,33,34). The van der Waals surface area contributed by atoms with Crippen molar-refractivity contribution in [3.05, 3.63) is 73.3 Å². The fourth-order valence-corrected chi connectivity index (χ4v) is 3.65. The number of rotatable bonds is 9. The highest BCUT2D eigenvalue weighted by atomic mass is 35.5. The van der Waals surface area contributed by atoms with E-state index in [9.17, 15) is 31.9 Å². The average molecular weight is 577 g/mol. The highest BCUT2D eigenvalue weighted by molar-refractivity contribution is 6.32. The number of hydrogen-bond donors (Lipinski definition) is 1. The molecule has 0 saturated heterocycles. The second-order valence-electron chi connectivity index (χ2n) is 7.99. The molecule has 1 atom stereocenters. The first-order valence-corrected chi connectivity index (χ1v) is 11.2. The van der Waals surface area contributed by atoms with Gasteiger partial charge in [0.2, 0.25) is 5.75 Å². The summed E-state index contributed by atoms with van der Waals surface area (Å²) in [6, 6.07) is 4.69. The predicted octanol–water partition coefficient (Wildman–Crippen LogP) is 3.80. The molecule has 210 valence electrons. The molecule has 10 nitrogen and oxygen atoms in total. The molecule has 0 saturated carbocycles. The molecular weight excluding hydrogens is 556 g/mol. The Balaban J connectivity index is 2.01. The Kier molecular flexibility index (Phi) is 8.48. The molecule has 2 aromatic carbocycles. The van der Waals surface area contributed by atoms with E-state index in [-0.39, 0.29) is 49.8 Å². The Labute approximate surface area is 222 Å². The summed E-state index contributed by atoms with van der Waals surface area (Å²) >= 11 is 6.07. The molecule has 0 aliphatic carbocycles. The number of aromatic nitrogens is 2. The van der Waals surface area contributed by atoms with Crippen molar-refractivity contribution >= 4 is 17.6 Å². The summed E-state index contributed by atoms with van der Waals surface area (Å²) in [5.41, 5.74) is -4.66. The number of aliphatic carboxylic acids is 1. The van der Waals surface area contributed by atoms with Crippen molar-refractivity contribution in [3.8, 4) is 28.7 Å². The van der Waals surface area contributed by atoms with Crippen LogP contribution in [-0.2, 0) is 24.6 Å². The second-order valence-corrected chi connectivity index (χ2v) is 8.40. The molecular formula is C24H21ClF4N2O8. The molecule has 0 aliphatic heterocycles. The molecule has 1 unspecified atom stereocenters. The van der Waals surface area contributed by atoms with Crippen LogP contribution in [0, 0.1) is 5.82 Å². The van der Waals surface area contributed by atoms with E-state index in [4.69, 9.17) is 35.7 Å². The van der Waals surface area contributed by atoms with Crippen LogP contribution in [0.1, 0.15) is 18.2 Å². The SMILES string of the molecule is COc1cc(COc2cc(-n3c(=O)cc(C(F)(F)F)n(C)c3=O)c(F)cc2Cl)cc(OC)c1OC(C)C(=O)O. The van der Waals surface area contributed by atoms with Gasteiger partial charge in [0, 0.05) is 19.2 Å². The summed E-state index contributed by atoms with van der Waals surface area (Å²) in [7, 11) is 3.41. The first-order valence-electron chi connectivity index (χ1n) is 10.9. The first kappa shape index (κ1) is 29.4. The van der Waals surface area contributed by atoms with Crippen molar-refractivity contribution in [3.63, 3.8) is 0 Å². The molecule has 3 aromatic rings. The van der Waals surface area contributed by atoms with Gasteiger partial charge in [0.15, 0.2) is 17.6 Å². The van der Waals surface area contributed by atoms with Gasteiger partial charge in [0.25, 0.3) is 5.56 Å². The minimum absolute atomic E-state index is 0.0123. The summed E-state index contributed by atoms with van der Waals surface area (Å²) in [6.07, 6.45) is -6.22. The van der Waals surface area contributed by atoms with Gasteiger partial charge in [-0.1, -0.05) is 11.6 Å². The van der Waals surface area contributed by atoms with E-state index in [1.807, 2.05) is 0 Å².